The monoisotopic (exact) mass is 388 g/mol. The topological polar surface area (TPSA) is 87.5 Å². The Labute approximate surface area is 151 Å². The molecule has 2 rings (SSSR count). The predicted molar refractivity (Wildman–Crippen MR) is 87.0 cm³/mol. The molecule has 0 fully saturated rings. The van der Waals surface area contributed by atoms with Crippen LogP contribution in [-0.2, 0) is 11.0 Å². The van der Waals surface area contributed by atoms with Crippen LogP contribution in [0.15, 0.2) is 30.5 Å². The Kier molecular flexibility index (Phi) is 5.72. The van der Waals surface area contributed by atoms with Crippen LogP contribution < -0.4 is 5.32 Å². The first-order valence-electron chi connectivity index (χ1n) is 7.66. The Balaban J connectivity index is 2.31. The zero-order chi connectivity index (χ0) is 20.4. The lowest BCUT2D eigenvalue weighted by molar-refractivity contribution is -0.142. The molecule has 2 aromatic rings. The third-order valence-corrected chi connectivity index (χ3v) is 3.67. The first-order chi connectivity index (χ1) is 12.5. The molecule has 1 aromatic carbocycles. The van der Waals surface area contributed by atoms with E-state index in [1.165, 1.54) is 14.0 Å². The van der Waals surface area contributed by atoms with Crippen molar-refractivity contribution in [3.05, 3.63) is 42.0 Å². The van der Waals surface area contributed by atoms with Crippen molar-refractivity contribution in [2.45, 2.75) is 13.1 Å². The Morgan fingerprint density at radius 2 is 1.89 bits per heavy atom. The summed E-state index contributed by atoms with van der Waals surface area (Å²) in [7, 11) is 1.26. The van der Waals surface area contributed by atoms with Gasteiger partial charge in [-0.25, -0.2) is 13.9 Å². The van der Waals surface area contributed by atoms with Crippen LogP contribution in [0, 0.1) is 11.7 Å². The second-order valence-corrected chi connectivity index (χ2v) is 5.84. The van der Waals surface area contributed by atoms with E-state index >= 15 is 0 Å². The zero-order valence-corrected chi connectivity index (χ0v) is 14.3. The van der Waals surface area contributed by atoms with Crippen LogP contribution in [0.2, 0.25) is 0 Å². The highest BCUT2D eigenvalue weighted by Crippen LogP contribution is 2.36. The summed E-state index contributed by atoms with van der Waals surface area (Å²) in [5, 5.41) is 14.6. The van der Waals surface area contributed by atoms with E-state index in [2.05, 4.69) is 10.4 Å². The van der Waals surface area contributed by atoms with Gasteiger partial charge < -0.3 is 15.3 Å². The molecule has 1 heterocycles. The van der Waals surface area contributed by atoms with Gasteiger partial charge in [0.25, 0.3) is 0 Å². The van der Waals surface area contributed by atoms with Gasteiger partial charge in [0.05, 0.1) is 23.5 Å². The molecule has 0 spiro atoms. The Bertz CT molecular complexity index is 833. The maximum absolute atomic E-state index is 13.5. The summed E-state index contributed by atoms with van der Waals surface area (Å²) in [4.78, 5) is 23.9. The van der Waals surface area contributed by atoms with Gasteiger partial charge in [-0.15, -0.1) is 0 Å². The maximum Gasteiger partial charge on any atom is 0.435 e. The Hall–Kier alpha value is -3.11. The number of aromatic nitrogens is 2. The van der Waals surface area contributed by atoms with E-state index in [0.29, 0.717) is 4.68 Å². The number of halogens is 4. The molecule has 0 saturated heterocycles. The van der Waals surface area contributed by atoms with Crippen molar-refractivity contribution in [2.24, 2.45) is 5.92 Å². The molecule has 2 amide bonds. The minimum absolute atomic E-state index is 0.0444. The molecule has 0 aliphatic carbocycles. The van der Waals surface area contributed by atoms with Crippen molar-refractivity contribution in [1.82, 2.24) is 14.7 Å². The average molecular weight is 388 g/mol. The van der Waals surface area contributed by atoms with Gasteiger partial charge in [0, 0.05) is 13.6 Å². The van der Waals surface area contributed by atoms with Crippen LogP contribution in [0.5, 0.6) is 0 Å². The number of aliphatic carboxylic acids is 1. The molecule has 0 aliphatic rings. The fourth-order valence-electron chi connectivity index (χ4n) is 2.27. The lowest BCUT2D eigenvalue weighted by atomic mass is 10.2. The number of anilines is 1. The Morgan fingerprint density at radius 1 is 1.30 bits per heavy atom. The van der Waals surface area contributed by atoms with E-state index in [4.69, 9.17) is 5.11 Å². The lowest BCUT2D eigenvalue weighted by Gasteiger charge is -2.20. The van der Waals surface area contributed by atoms with Gasteiger partial charge in [-0.1, -0.05) is 6.92 Å². The molecule has 7 nitrogen and oxygen atoms in total. The second kappa shape index (κ2) is 7.64. The molecule has 0 saturated carbocycles. The fraction of sp³-hybridized carbons (Fsp3) is 0.312. The van der Waals surface area contributed by atoms with E-state index in [0.717, 1.165) is 35.4 Å². The molecule has 0 radical (unpaired) electrons. The smallest absolute Gasteiger partial charge is 0.435 e. The molecule has 146 valence electrons. The van der Waals surface area contributed by atoms with Crippen molar-refractivity contribution in [1.29, 1.82) is 0 Å². The summed E-state index contributed by atoms with van der Waals surface area (Å²) in [6.45, 7) is 1.16. The van der Waals surface area contributed by atoms with Crippen LogP contribution in [0.4, 0.5) is 28.0 Å². The minimum Gasteiger partial charge on any atom is -0.481 e. The summed E-state index contributed by atoms with van der Waals surface area (Å²) in [6, 6.07) is 3.27. The van der Waals surface area contributed by atoms with Crippen molar-refractivity contribution < 1.29 is 32.3 Å². The van der Waals surface area contributed by atoms with Crippen molar-refractivity contribution in [2.75, 3.05) is 18.9 Å². The molecule has 2 N–H and O–H groups in total. The van der Waals surface area contributed by atoms with Gasteiger partial charge in [-0.3, -0.25) is 4.79 Å². The van der Waals surface area contributed by atoms with Gasteiger partial charge >= 0.3 is 18.2 Å². The van der Waals surface area contributed by atoms with Gasteiger partial charge in [0.1, 0.15) is 5.82 Å². The zero-order valence-electron chi connectivity index (χ0n) is 14.3. The highest BCUT2D eigenvalue weighted by atomic mass is 19.4. The predicted octanol–water partition coefficient (Wildman–Crippen LogP) is 3.21. The number of rotatable bonds is 5. The van der Waals surface area contributed by atoms with Gasteiger partial charge in [0.2, 0.25) is 0 Å². The van der Waals surface area contributed by atoms with Crippen molar-refractivity contribution in [3.8, 4) is 5.69 Å². The van der Waals surface area contributed by atoms with Crippen LogP contribution in [0.1, 0.15) is 12.6 Å². The lowest BCUT2D eigenvalue weighted by Crippen LogP contribution is -2.37. The molecule has 1 unspecified atom stereocenters. The molecule has 1 atom stereocenters. The quantitative estimate of drug-likeness (QED) is 0.770. The standard InChI is InChI=1S/C16H16F4N4O3/c1-9(14(25)26)8-23(2)15(27)22-12-7-21-24(13(12)16(18,19)20)11-5-3-10(17)4-6-11/h3-7,9H,8H2,1-2H3,(H,22,27)(H,25,26). The second-order valence-electron chi connectivity index (χ2n) is 5.84. The van der Waals surface area contributed by atoms with E-state index in [1.54, 1.807) is 0 Å². The summed E-state index contributed by atoms with van der Waals surface area (Å²) < 4.78 is 54.0. The molecular weight excluding hydrogens is 372 g/mol. The largest absolute Gasteiger partial charge is 0.481 e. The van der Waals surface area contributed by atoms with E-state index in [9.17, 15) is 27.2 Å². The third kappa shape index (κ3) is 4.74. The van der Waals surface area contributed by atoms with E-state index < -0.39 is 41.3 Å². The Morgan fingerprint density at radius 3 is 2.41 bits per heavy atom. The highest BCUT2D eigenvalue weighted by molar-refractivity contribution is 5.90. The average Bonchev–Trinajstić information content (AvgIpc) is 2.99. The van der Waals surface area contributed by atoms with Gasteiger partial charge in [-0.05, 0) is 24.3 Å². The number of amides is 2. The van der Waals surface area contributed by atoms with Crippen molar-refractivity contribution in [3.63, 3.8) is 0 Å². The van der Waals surface area contributed by atoms with Gasteiger partial charge in [-0.2, -0.15) is 18.3 Å². The SMILES string of the molecule is CC(CN(C)C(=O)Nc1cnn(-c2ccc(F)cc2)c1C(F)(F)F)C(=O)O. The van der Waals surface area contributed by atoms with Crippen LogP contribution in [0.3, 0.4) is 0 Å². The molecule has 1 aromatic heterocycles. The molecular formula is C16H16F4N4O3. The number of nitrogens with zero attached hydrogens (tertiary/aromatic N) is 3. The minimum atomic E-state index is -4.86. The normalized spacial score (nSPS) is 12.5. The number of carboxylic acid groups (broad SMARTS) is 1. The number of hydrogen-bond donors (Lipinski definition) is 2. The number of urea groups is 1. The van der Waals surface area contributed by atoms with Crippen LogP contribution in [0.25, 0.3) is 5.69 Å². The number of hydrogen-bond acceptors (Lipinski definition) is 3. The summed E-state index contributed by atoms with van der Waals surface area (Å²) in [5.74, 6) is -2.67. The summed E-state index contributed by atoms with van der Waals surface area (Å²) in [6.07, 6.45) is -4.04. The van der Waals surface area contributed by atoms with Crippen LogP contribution >= 0.6 is 0 Å². The fourth-order valence-corrected chi connectivity index (χ4v) is 2.27. The number of carboxylic acids is 1. The van der Waals surface area contributed by atoms with E-state index in [1.807, 2.05) is 0 Å². The van der Waals surface area contributed by atoms with E-state index in [-0.39, 0.29) is 12.2 Å². The van der Waals surface area contributed by atoms with Crippen molar-refractivity contribution >= 4 is 17.7 Å². The first-order valence-corrected chi connectivity index (χ1v) is 7.66. The number of benzene rings is 1. The maximum atomic E-state index is 13.5. The number of carbonyl (C=O) groups is 2. The number of nitrogens with one attached hydrogen (secondary N) is 1. The summed E-state index contributed by atoms with van der Waals surface area (Å²) >= 11 is 0. The molecule has 0 bridgehead atoms. The van der Waals surface area contributed by atoms with Gasteiger partial charge in [0.15, 0.2) is 5.69 Å². The molecule has 11 heteroatoms. The van der Waals surface area contributed by atoms with Crippen LogP contribution in [-0.4, -0.2) is 45.4 Å². The third-order valence-electron chi connectivity index (χ3n) is 3.67. The number of alkyl halides is 3. The molecule has 27 heavy (non-hydrogen) atoms. The highest BCUT2D eigenvalue weighted by Gasteiger charge is 2.39. The number of carbonyl (C=O) groups excluding carboxylic acids is 1. The molecule has 0 aliphatic heterocycles. The summed E-state index contributed by atoms with van der Waals surface area (Å²) in [5.41, 5.74) is -1.90. The first kappa shape index (κ1) is 20.2.